The van der Waals surface area contributed by atoms with E-state index >= 15 is 0 Å². The Hall–Kier alpha value is -2.39. The summed E-state index contributed by atoms with van der Waals surface area (Å²) < 4.78 is 50.4. The highest BCUT2D eigenvalue weighted by atomic mass is 35.5. The zero-order chi connectivity index (χ0) is 21.6. The molecule has 3 aromatic rings. The Bertz CT molecular complexity index is 947. The van der Waals surface area contributed by atoms with Crippen LogP contribution in [0.2, 0.25) is 5.02 Å². The van der Waals surface area contributed by atoms with Gasteiger partial charge in [0.2, 0.25) is 0 Å². The maximum absolute atomic E-state index is 12.5. The van der Waals surface area contributed by atoms with Gasteiger partial charge in [-0.05, 0) is 55.5 Å². The first-order chi connectivity index (χ1) is 14.4. The predicted molar refractivity (Wildman–Crippen MR) is 110 cm³/mol. The van der Waals surface area contributed by atoms with Crippen molar-refractivity contribution in [1.29, 1.82) is 0 Å². The minimum Gasteiger partial charge on any atom is -0.494 e. The topological polar surface area (TPSA) is 49.2 Å². The minimum absolute atomic E-state index is 0.0867. The summed E-state index contributed by atoms with van der Waals surface area (Å²) in [6.07, 6.45) is -5.14. The van der Waals surface area contributed by atoms with E-state index < -0.39 is 12.6 Å². The highest BCUT2D eigenvalue weighted by molar-refractivity contribution is 7.99. The highest BCUT2D eigenvalue weighted by Gasteiger charge is 2.27. The Labute approximate surface area is 181 Å². The molecular weight excluding hydrogens is 439 g/mol. The molecule has 160 valence electrons. The molecule has 2 aromatic carbocycles. The van der Waals surface area contributed by atoms with E-state index in [9.17, 15) is 13.2 Å². The molecule has 0 radical (unpaired) electrons. The van der Waals surface area contributed by atoms with E-state index in [1.54, 1.807) is 53.1 Å². The van der Waals surface area contributed by atoms with Crippen molar-refractivity contribution in [3.63, 3.8) is 0 Å². The number of nitrogens with zero attached hydrogens (tertiary/aromatic N) is 3. The molecular formula is C20H19ClF3N3O2S. The van der Waals surface area contributed by atoms with E-state index in [4.69, 9.17) is 21.1 Å². The number of aromatic nitrogens is 3. The van der Waals surface area contributed by atoms with Gasteiger partial charge in [-0.25, -0.2) is 0 Å². The van der Waals surface area contributed by atoms with Crippen LogP contribution >= 0.6 is 23.4 Å². The van der Waals surface area contributed by atoms with Gasteiger partial charge in [0, 0.05) is 16.5 Å². The standard InChI is InChI=1S/C20H19ClF3N3O2S/c1-2-28-16-7-9-17(10-8-16)29-13-18-25-26-19(30-12-11-20(22,23)24)27(18)15-5-3-14(21)4-6-15/h3-10H,2,11-13H2,1H3. The quantitative estimate of drug-likeness (QED) is 0.372. The lowest BCUT2D eigenvalue weighted by Gasteiger charge is -2.12. The molecule has 0 bridgehead atoms. The van der Waals surface area contributed by atoms with Gasteiger partial charge in [0.05, 0.1) is 13.0 Å². The van der Waals surface area contributed by atoms with E-state index in [2.05, 4.69) is 10.2 Å². The number of rotatable bonds is 9. The van der Waals surface area contributed by atoms with E-state index in [0.29, 0.717) is 34.0 Å². The molecule has 0 amide bonds. The number of hydrogen-bond acceptors (Lipinski definition) is 5. The Morgan fingerprint density at radius 3 is 2.20 bits per heavy atom. The van der Waals surface area contributed by atoms with E-state index in [0.717, 1.165) is 17.5 Å². The van der Waals surface area contributed by atoms with Crippen LogP contribution in [0.1, 0.15) is 19.2 Å². The molecule has 30 heavy (non-hydrogen) atoms. The molecule has 10 heteroatoms. The SMILES string of the molecule is CCOc1ccc(OCc2nnc(SCCC(F)(F)F)n2-c2ccc(Cl)cc2)cc1. The smallest absolute Gasteiger partial charge is 0.389 e. The van der Waals surface area contributed by atoms with Crippen molar-refractivity contribution in [2.75, 3.05) is 12.4 Å². The van der Waals surface area contributed by atoms with E-state index in [1.165, 1.54) is 0 Å². The molecule has 0 aliphatic heterocycles. The molecule has 0 unspecified atom stereocenters. The van der Waals surface area contributed by atoms with Crippen LogP contribution in [0.3, 0.4) is 0 Å². The van der Waals surface area contributed by atoms with Crippen LogP contribution in [-0.2, 0) is 6.61 Å². The summed E-state index contributed by atoms with van der Waals surface area (Å²) in [6.45, 7) is 2.56. The van der Waals surface area contributed by atoms with Crippen LogP contribution < -0.4 is 9.47 Å². The molecule has 0 saturated heterocycles. The molecule has 1 aromatic heterocycles. The van der Waals surface area contributed by atoms with Gasteiger partial charge in [0.25, 0.3) is 0 Å². The summed E-state index contributed by atoms with van der Waals surface area (Å²) in [6, 6.07) is 14.0. The van der Waals surface area contributed by atoms with Gasteiger partial charge in [-0.3, -0.25) is 4.57 Å². The van der Waals surface area contributed by atoms with Gasteiger partial charge in [0.1, 0.15) is 18.1 Å². The average molecular weight is 458 g/mol. The zero-order valence-corrected chi connectivity index (χ0v) is 17.6. The predicted octanol–water partition coefficient (Wildman–Crippen LogP) is 5.94. The lowest BCUT2D eigenvalue weighted by molar-refractivity contribution is -0.129. The van der Waals surface area contributed by atoms with Crippen molar-refractivity contribution in [3.05, 3.63) is 59.4 Å². The van der Waals surface area contributed by atoms with Gasteiger partial charge in [-0.2, -0.15) is 13.2 Å². The molecule has 5 nitrogen and oxygen atoms in total. The zero-order valence-electron chi connectivity index (χ0n) is 16.0. The summed E-state index contributed by atoms with van der Waals surface area (Å²) in [5.41, 5.74) is 0.684. The summed E-state index contributed by atoms with van der Waals surface area (Å²) in [4.78, 5) is 0. The average Bonchev–Trinajstić information content (AvgIpc) is 3.10. The molecule has 0 atom stereocenters. The van der Waals surface area contributed by atoms with Crippen molar-refractivity contribution in [2.45, 2.75) is 31.3 Å². The second kappa shape index (κ2) is 10.1. The number of benzene rings is 2. The third-order valence-corrected chi connectivity index (χ3v) is 5.09. The second-order valence-corrected chi connectivity index (χ2v) is 7.62. The monoisotopic (exact) mass is 457 g/mol. The van der Waals surface area contributed by atoms with Crippen molar-refractivity contribution < 1.29 is 22.6 Å². The van der Waals surface area contributed by atoms with Gasteiger partial charge >= 0.3 is 6.18 Å². The Balaban J connectivity index is 1.78. The lowest BCUT2D eigenvalue weighted by Crippen LogP contribution is -2.09. The van der Waals surface area contributed by atoms with Gasteiger partial charge < -0.3 is 9.47 Å². The molecule has 0 spiro atoms. The van der Waals surface area contributed by atoms with Crippen molar-refractivity contribution in [3.8, 4) is 17.2 Å². The fourth-order valence-electron chi connectivity index (χ4n) is 2.54. The van der Waals surface area contributed by atoms with Crippen LogP contribution in [0, 0.1) is 0 Å². The molecule has 0 fully saturated rings. The van der Waals surface area contributed by atoms with Crippen LogP contribution in [0.25, 0.3) is 5.69 Å². The van der Waals surface area contributed by atoms with Crippen molar-refractivity contribution in [2.24, 2.45) is 0 Å². The minimum atomic E-state index is -4.22. The first-order valence-electron chi connectivity index (χ1n) is 9.11. The van der Waals surface area contributed by atoms with Gasteiger partial charge in [0.15, 0.2) is 11.0 Å². The molecule has 0 N–H and O–H groups in total. The molecule has 3 rings (SSSR count). The Morgan fingerprint density at radius 2 is 1.60 bits per heavy atom. The summed E-state index contributed by atoms with van der Waals surface area (Å²) >= 11 is 6.94. The number of ether oxygens (including phenoxy) is 2. The lowest BCUT2D eigenvalue weighted by atomic mass is 10.3. The number of hydrogen-bond donors (Lipinski definition) is 0. The molecule has 0 aliphatic rings. The largest absolute Gasteiger partial charge is 0.494 e. The molecule has 0 saturated carbocycles. The second-order valence-electron chi connectivity index (χ2n) is 6.12. The Morgan fingerprint density at radius 1 is 0.967 bits per heavy atom. The van der Waals surface area contributed by atoms with E-state index in [1.807, 2.05) is 6.92 Å². The van der Waals surface area contributed by atoms with Crippen LogP contribution in [-0.4, -0.2) is 33.3 Å². The number of halogens is 4. The normalized spacial score (nSPS) is 11.5. The molecule has 0 aliphatic carbocycles. The van der Waals surface area contributed by atoms with Crippen molar-refractivity contribution >= 4 is 23.4 Å². The van der Waals surface area contributed by atoms with Gasteiger partial charge in [-0.15, -0.1) is 10.2 Å². The maximum Gasteiger partial charge on any atom is 0.389 e. The summed E-state index contributed by atoms with van der Waals surface area (Å²) in [7, 11) is 0. The highest BCUT2D eigenvalue weighted by Crippen LogP contribution is 2.28. The molecule has 1 heterocycles. The summed E-state index contributed by atoms with van der Waals surface area (Å²) in [5, 5.41) is 9.08. The van der Waals surface area contributed by atoms with Crippen LogP contribution in [0.4, 0.5) is 13.2 Å². The third kappa shape index (κ3) is 6.30. The number of thioether (sulfide) groups is 1. The number of alkyl halides is 3. The fourth-order valence-corrected chi connectivity index (χ4v) is 3.62. The van der Waals surface area contributed by atoms with E-state index in [-0.39, 0.29) is 12.4 Å². The summed E-state index contributed by atoms with van der Waals surface area (Å²) in [5.74, 6) is 1.64. The van der Waals surface area contributed by atoms with Crippen molar-refractivity contribution in [1.82, 2.24) is 14.8 Å². The maximum atomic E-state index is 12.5. The van der Waals surface area contributed by atoms with Crippen LogP contribution in [0.15, 0.2) is 53.7 Å². The third-order valence-electron chi connectivity index (χ3n) is 3.90. The first-order valence-corrected chi connectivity index (χ1v) is 10.5. The first kappa shape index (κ1) is 22.3. The van der Waals surface area contributed by atoms with Crippen LogP contribution in [0.5, 0.6) is 11.5 Å². The Kier molecular flexibility index (Phi) is 7.49. The fraction of sp³-hybridized carbons (Fsp3) is 0.300. The van der Waals surface area contributed by atoms with Gasteiger partial charge in [-0.1, -0.05) is 23.4 Å².